The van der Waals surface area contributed by atoms with Crippen molar-refractivity contribution in [3.63, 3.8) is 0 Å². The van der Waals surface area contributed by atoms with Crippen LogP contribution in [-0.2, 0) is 26.2 Å². The first-order valence-electron chi connectivity index (χ1n) is 10.00. The molecule has 0 heterocycles. The van der Waals surface area contributed by atoms with Gasteiger partial charge in [0.25, 0.3) is 0 Å². The molecule has 0 radical (unpaired) electrons. The summed E-state index contributed by atoms with van der Waals surface area (Å²) in [7, 11) is -3.80. The minimum absolute atomic E-state index is 0.149. The van der Waals surface area contributed by atoms with E-state index in [9.17, 15) is 18.0 Å². The number of anilines is 1. The number of hydrogen-bond acceptors (Lipinski definition) is 4. The molecule has 7 nitrogen and oxygen atoms in total. The molecule has 0 unspecified atom stereocenters. The van der Waals surface area contributed by atoms with Gasteiger partial charge >= 0.3 is 0 Å². The lowest BCUT2D eigenvalue weighted by Gasteiger charge is -2.32. The second-order valence-electron chi connectivity index (χ2n) is 7.37. The van der Waals surface area contributed by atoms with Crippen molar-refractivity contribution in [3.05, 3.63) is 63.1 Å². The lowest BCUT2D eigenvalue weighted by Crippen LogP contribution is -2.51. The fourth-order valence-corrected chi connectivity index (χ4v) is 4.49. The first kappa shape index (κ1) is 26.2. The molecule has 0 fully saturated rings. The van der Waals surface area contributed by atoms with Gasteiger partial charge in [-0.1, -0.05) is 45.7 Å². The number of carbonyl (C=O) groups is 2. The number of hydrogen-bond donors (Lipinski definition) is 1. The molecule has 1 atom stereocenters. The Bertz CT molecular complexity index is 1080. The molecular weight excluding hydrogens is 518 g/mol. The van der Waals surface area contributed by atoms with E-state index in [0.717, 1.165) is 20.6 Å². The number of nitrogens with one attached hydrogen (secondary N) is 1. The Kier molecular flexibility index (Phi) is 9.12. The normalized spacial score (nSPS) is 12.2. The summed E-state index contributed by atoms with van der Waals surface area (Å²) >= 11 is 9.56. The first-order valence-corrected chi connectivity index (χ1v) is 13.0. The number of nitrogens with zero attached hydrogens (tertiary/aromatic N) is 2. The van der Waals surface area contributed by atoms with Crippen molar-refractivity contribution < 1.29 is 18.0 Å². The van der Waals surface area contributed by atoms with Crippen molar-refractivity contribution in [2.45, 2.75) is 33.4 Å². The molecule has 32 heavy (non-hydrogen) atoms. The van der Waals surface area contributed by atoms with Crippen molar-refractivity contribution in [1.82, 2.24) is 10.2 Å². The van der Waals surface area contributed by atoms with Crippen molar-refractivity contribution >= 4 is 55.1 Å². The minimum Gasteiger partial charge on any atom is -0.355 e. The van der Waals surface area contributed by atoms with Crippen LogP contribution in [0.3, 0.4) is 0 Å². The van der Waals surface area contributed by atoms with Gasteiger partial charge in [0, 0.05) is 22.6 Å². The van der Waals surface area contributed by atoms with E-state index in [1.807, 2.05) is 24.3 Å². The Hall–Kier alpha value is -2.10. The quantitative estimate of drug-likeness (QED) is 0.521. The summed E-state index contributed by atoms with van der Waals surface area (Å²) in [6, 6.07) is 11.4. The van der Waals surface area contributed by atoms with E-state index in [4.69, 9.17) is 11.6 Å². The Balaban J connectivity index is 2.42. The molecule has 0 aromatic heterocycles. The molecule has 0 aliphatic rings. The smallest absolute Gasteiger partial charge is 0.244 e. The number of benzene rings is 2. The molecule has 0 aliphatic heterocycles. The standard InChI is InChI=1S/C22H27BrClN3O4S/c1-5-25-22(29)16(3)26(13-17-9-11-18(23)12-10-17)21(28)14-27(32(4,30)31)20-8-6-7-19(24)15(20)2/h6-12,16H,5,13-14H2,1-4H3,(H,25,29)/t16-/m0/s1. The van der Waals surface area contributed by atoms with Gasteiger partial charge in [-0.3, -0.25) is 13.9 Å². The van der Waals surface area contributed by atoms with E-state index in [2.05, 4.69) is 21.2 Å². The van der Waals surface area contributed by atoms with E-state index in [-0.39, 0.29) is 12.5 Å². The number of amides is 2. The van der Waals surface area contributed by atoms with Crippen LogP contribution in [0.5, 0.6) is 0 Å². The van der Waals surface area contributed by atoms with Crippen LogP contribution >= 0.6 is 27.5 Å². The van der Waals surface area contributed by atoms with E-state index in [1.54, 1.807) is 39.0 Å². The third-order valence-electron chi connectivity index (χ3n) is 4.97. The van der Waals surface area contributed by atoms with Gasteiger partial charge < -0.3 is 10.2 Å². The van der Waals surface area contributed by atoms with Gasteiger partial charge in [-0.15, -0.1) is 0 Å². The second kappa shape index (κ2) is 11.2. The molecule has 0 aliphatic carbocycles. The zero-order chi connectivity index (χ0) is 24.1. The number of likely N-dealkylation sites (N-methyl/N-ethyl adjacent to an activating group) is 1. The van der Waals surface area contributed by atoms with E-state index in [1.165, 1.54) is 4.90 Å². The van der Waals surface area contributed by atoms with Crippen molar-refractivity contribution in [1.29, 1.82) is 0 Å². The zero-order valence-corrected chi connectivity index (χ0v) is 21.6. The van der Waals surface area contributed by atoms with Crippen LogP contribution in [0.2, 0.25) is 5.02 Å². The summed E-state index contributed by atoms with van der Waals surface area (Å²) in [6.07, 6.45) is 1.03. The van der Waals surface area contributed by atoms with Gasteiger partial charge in [0.2, 0.25) is 21.8 Å². The maximum absolute atomic E-state index is 13.4. The number of carbonyl (C=O) groups excluding carboxylic acids is 2. The minimum atomic E-state index is -3.80. The molecule has 1 N–H and O–H groups in total. The highest BCUT2D eigenvalue weighted by molar-refractivity contribution is 9.10. The summed E-state index contributed by atoms with van der Waals surface area (Å²) in [4.78, 5) is 27.3. The molecule has 174 valence electrons. The molecule has 0 saturated carbocycles. The fourth-order valence-electron chi connectivity index (χ4n) is 3.15. The Morgan fingerprint density at radius 2 is 1.78 bits per heavy atom. The summed E-state index contributed by atoms with van der Waals surface area (Å²) in [5.74, 6) is -0.820. The van der Waals surface area contributed by atoms with Crippen LogP contribution in [-0.4, -0.2) is 50.5 Å². The highest BCUT2D eigenvalue weighted by Gasteiger charge is 2.30. The van der Waals surface area contributed by atoms with Crippen LogP contribution < -0.4 is 9.62 Å². The van der Waals surface area contributed by atoms with Gasteiger partial charge in [0.1, 0.15) is 12.6 Å². The second-order valence-corrected chi connectivity index (χ2v) is 10.6. The molecule has 2 aromatic rings. The molecule has 2 rings (SSSR count). The molecule has 2 aromatic carbocycles. The fraction of sp³-hybridized carbons (Fsp3) is 0.364. The predicted molar refractivity (Wildman–Crippen MR) is 131 cm³/mol. The summed E-state index contributed by atoms with van der Waals surface area (Å²) < 4.78 is 27.1. The summed E-state index contributed by atoms with van der Waals surface area (Å²) in [6.45, 7) is 5.21. The van der Waals surface area contributed by atoms with Crippen LogP contribution in [0.15, 0.2) is 46.9 Å². The van der Waals surface area contributed by atoms with Gasteiger partial charge in [0.05, 0.1) is 11.9 Å². The van der Waals surface area contributed by atoms with Crippen LogP contribution in [0.25, 0.3) is 0 Å². The largest absolute Gasteiger partial charge is 0.355 e. The summed E-state index contributed by atoms with van der Waals surface area (Å²) in [5, 5.41) is 3.11. The third kappa shape index (κ3) is 6.70. The van der Waals surface area contributed by atoms with Crippen molar-refractivity contribution in [3.8, 4) is 0 Å². The van der Waals surface area contributed by atoms with Crippen LogP contribution in [0.4, 0.5) is 5.69 Å². The number of rotatable bonds is 9. The Morgan fingerprint density at radius 1 is 1.16 bits per heavy atom. The van der Waals surface area contributed by atoms with Crippen molar-refractivity contribution in [2.75, 3.05) is 23.7 Å². The topological polar surface area (TPSA) is 86.8 Å². The number of halogens is 2. The molecule has 0 spiro atoms. The maximum Gasteiger partial charge on any atom is 0.244 e. The first-order chi connectivity index (χ1) is 15.0. The SMILES string of the molecule is CCNC(=O)[C@H](C)N(Cc1ccc(Br)cc1)C(=O)CN(c1cccc(Cl)c1C)S(C)(=O)=O. The molecule has 0 saturated heterocycles. The Labute approximate surface area is 202 Å². The highest BCUT2D eigenvalue weighted by Crippen LogP contribution is 2.28. The predicted octanol–water partition coefficient (Wildman–Crippen LogP) is 3.73. The summed E-state index contributed by atoms with van der Waals surface area (Å²) in [5.41, 5.74) is 1.67. The number of sulfonamides is 1. The van der Waals surface area contributed by atoms with Crippen LogP contribution in [0.1, 0.15) is 25.0 Å². The van der Waals surface area contributed by atoms with Gasteiger partial charge in [-0.25, -0.2) is 8.42 Å². The molecule has 2 amide bonds. The van der Waals surface area contributed by atoms with Crippen molar-refractivity contribution in [2.24, 2.45) is 0 Å². The van der Waals surface area contributed by atoms with E-state index >= 15 is 0 Å². The average molecular weight is 545 g/mol. The maximum atomic E-state index is 13.4. The lowest BCUT2D eigenvalue weighted by molar-refractivity contribution is -0.139. The monoisotopic (exact) mass is 543 g/mol. The molecular formula is C22H27BrClN3O4S. The van der Waals surface area contributed by atoms with E-state index < -0.39 is 28.5 Å². The Morgan fingerprint density at radius 3 is 2.34 bits per heavy atom. The highest BCUT2D eigenvalue weighted by atomic mass is 79.9. The average Bonchev–Trinajstić information content (AvgIpc) is 2.72. The van der Waals surface area contributed by atoms with Gasteiger partial charge in [-0.05, 0) is 56.2 Å². The zero-order valence-electron chi connectivity index (χ0n) is 18.4. The third-order valence-corrected chi connectivity index (χ3v) is 7.04. The molecule has 0 bridgehead atoms. The van der Waals surface area contributed by atoms with Crippen LogP contribution in [0, 0.1) is 6.92 Å². The van der Waals surface area contributed by atoms with Gasteiger partial charge in [0.15, 0.2) is 0 Å². The molecule has 10 heteroatoms. The van der Waals surface area contributed by atoms with Gasteiger partial charge in [-0.2, -0.15) is 0 Å². The lowest BCUT2D eigenvalue weighted by atomic mass is 10.1. The van der Waals surface area contributed by atoms with E-state index in [0.29, 0.717) is 22.8 Å².